The summed E-state index contributed by atoms with van der Waals surface area (Å²) in [7, 11) is 0. The van der Waals surface area contributed by atoms with Crippen LogP contribution in [0.15, 0.2) is 24.3 Å². The van der Waals surface area contributed by atoms with Crippen molar-refractivity contribution in [1.82, 2.24) is 5.32 Å². The van der Waals surface area contributed by atoms with Gasteiger partial charge in [-0.05, 0) is 55.9 Å². The van der Waals surface area contributed by atoms with Crippen molar-refractivity contribution in [2.24, 2.45) is 5.92 Å². The highest BCUT2D eigenvalue weighted by molar-refractivity contribution is 8.00. The Morgan fingerprint density at radius 3 is 2.45 bits per heavy atom. The minimum atomic E-state index is 0.445. The third-order valence-corrected chi connectivity index (χ3v) is 5.74. The average Bonchev–Trinajstić information content (AvgIpc) is 2.84. The van der Waals surface area contributed by atoms with E-state index in [-0.39, 0.29) is 0 Å². The van der Waals surface area contributed by atoms with Crippen molar-refractivity contribution in [1.29, 1.82) is 0 Å². The Hall–Kier alpha value is -0.470. The minimum absolute atomic E-state index is 0.445. The van der Waals surface area contributed by atoms with Crippen LogP contribution in [0.2, 0.25) is 0 Å². The highest BCUT2D eigenvalue weighted by Crippen LogP contribution is 2.37. The summed E-state index contributed by atoms with van der Waals surface area (Å²) in [5.41, 5.74) is 2.86. The Labute approximate surface area is 128 Å². The second kappa shape index (κ2) is 7.00. The number of benzene rings is 1. The Morgan fingerprint density at radius 1 is 1.20 bits per heavy atom. The highest BCUT2D eigenvalue weighted by atomic mass is 32.2. The van der Waals surface area contributed by atoms with Crippen LogP contribution >= 0.6 is 11.8 Å². The first-order valence-corrected chi connectivity index (χ1v) is 8.93. The van der Waals surface area contributed by atoms with Crippen molar-refractivity contribution in [2.75, 3.05) is 12.3 Å². The lowest BCUT2D eigenvalue weighted by atomic mass is 9.99. The topological polar surface area (TPSA) is 12.0 Å². The summed E-state index contributed by atoms with van der Waals surface area (Å²) in [4.78, 5) is 0. The molecule has 0 saturated carbocycles. The van der Waals surface area contributed by atoms with Gasteiger partial charge >= 0.3 is 0 Å². The fourth-order valence-corrected chi connectivity index (χ4v) is 4.13. The molecule has 1 fully saturated rings. The molecule has 1 N–H and O–H groups in total. The first-order valence-electron chi connectivity index (χ1n) is 7.95. The van der Waals surface area contributed by atoms with Crippen molar-refractivity contribution in [3.63, 3.8) is 0 Å². The molecule has 0 aromatic heterocycles. The molecule has 1 heterocycles. The molecule has 1 nitrogen and oxygen atoms in total. The first kappa shape index (κ1) is 15.9. The Balaban J connectivity index is 1.87. The molecule has 2 rings (SSSR count). The molecule has 0 radical (unpaired) electrons. The summed E-state index contributed by atoms with van der Waals surface area (Å²) >= 11 is 2.13. The second-order valence-corrected chi connectivity index (χ2v) is 8.53. The molecule has 2 unspecified atom stereocenters. The van der Waals surface area contributed by atoms with E-state index in [1.54, 1.807) is 0 Å². The van der Waals surface area contributed by atoms with Gasteiger partial charge in [0.2, 0.25) is 0 Å². The van der Waals surface area contributed by atoms with Gasteiger partial charge in [0.05, 0.1) is 0 Å². The Kier molecular flexibility index (Phi) is 5.57. The number of rotatable bonds is 6. The van der Waals surface area contributed by atoms with E-state index in [4.69, 9.17) is 0 Å². The zero-order chi connectivity index (χ0) is 14.6. The average molecular weight is 292 g/mol. The maximum Gasteiger partial charge on any atom is 0.0292 e. The monoisotopic (exact) mass is 291 g/mol. The van der Waals surface area contributed by atoms with Gasteiger partial charge in [0, 0.05) is 17.3 Å². The molecule has 1 saturated heterocycles. The maximum absolute atomic E-state index is 3.72. The molecule has 0 spiro atoms. The predicted octanol–water partition coefficient (Wildman–Crippen LogP) is 4.82. The van der Waals surface area contributed by atoms with E-state index in [1.165, 1.54) is 36.1 Å². The van der Waals surface area contributed by atoms with E-state index in [0.717, 1.165) is 12.5 Å². The van der Waals surface area contributed by atoms with Gasteiger partial charge in [-0.1, -0.05) is 38.1 Å². The summed E-state index contributed by atoms with van der Waals surface area (Å²) in [6, 6.07) is 9.61. The molecule has 20 heavy (non-hydrogen) atoms. The molecule has 1 aliphatic heterocycles. The van der Waals surface area contributed by atoms with Gasteiger partial charge in [0.25, 0.3) is 0 Å². The predicted molar refractivity (Wildman–Crippen MR) is 91.5 cm³/mol. The van der Waals surface area contributed by atoms with Crippen LogP contribution in [0.3, 0.4) is 0 Å². The van der Waals surface area contributed by atoms with Crippen LogP contribution in [-0.4, -0.2) is 17.0 Å². The molecule has 2 atom stereocenters. The summed E-state index contributed by atoms with van der Waals surface area (Å²) < 4.78 is 0.450. The summed E-state index contributed by atoms with van der Waals surface area (Å²) in [5, 5.41) is 3.72. The van der Waals surface area contributed by atoms with Gasteiger partial charge < -0.3 is 5.32 Å². The van der Waals surface area contributed by atoms with Crippen molar-refractivity contribution in [3.8, 4) is 0 Å². The number of hydrogen-bond donors (Lipinski definition) is 1. The molecule has 1 aromatic rings. The zero-order valence-corrected chi connectivity index (χ0v) is 14.2. The van der Waals surface area contributed by atoms with Gasteiger partial charge in [-0.25, -0.2) is 0 Å². The van der Waals surface area contributed by atoms with Crippen molar-refractivity contribution < 1.29 is 0 Å². The van der Waals surface area contributed by atoms with E-state index in [0.29, 0.717) is 10.8 Å². The molecule has 0 amide bonds. The lowest BCUT2D eigenvalue weighted by molar-refractivity contribution is 0.490. The third-order valence-electron chi connectivity index (χ3n) is 4.21. The fourth-order valence-electron chi connectivity index (χ4n) is 2.88. The Morgan fingerprint density at radius 2 is 1.90 bits per heavy atom. The Bertz CT molecular complexity index is 404. The van der Waals surface area contributed by atoms with Gasteiger partial charge in [-0.15, -0.1) is 0 Å². The van der Waals surface area contributed by atoms with Gasteiger partial charge in [0.1, 0.15) is 0 Å². The van der Waals surface area contributed by atoms with Crippen molar-refractivity contribution in [3.05, 3.63) is 35.4 Å². The SMILES string of the molecule is CC(C)Cc1ccc(C(C)NCC2(C)CCCS2)cc1. The van der Waals surface area contributed by atoms with Crippen LogP contribution in [0.4, 0.5) is 0 Å². The van der Waals surface area contributed by atoms with Crippen molar-refractivity contribution in [2.45, 2.75) is 57.7 Å². The zero-order valence-electron chi connectivity index (χ0n) is 13.4. The van der Waals surface area contributed by atoms with Crippen LogP contribution in [0.5, 0.6) is 0 Å². The molecule has 0 bridgehead atoms. The van der Waals surface area contributed by atoms with E-state index in [2.05, 4.69) is 69.0 Å². The standard InChI is InChI=1S/C18H29NS/c1-14(2)12-16-6-8-17(9-7-16)15(3)19-13-18(4)10-5-11-20-18/h6-9,14-15,19H,5,10-13H2,1-4H3. The largest absolute Gasteiger partial charge is 0.309 e. The van der Waals surface area contributed by atoms with Gasteiger partial charge in [-0.2, -0.15) is 11.8 Å². The molecule has 0 aliphatic carbocycles. The number of hydrogen-bond acceptors (Lipinski definition) is 2. The van der Waals surface area contributed by atoms with Crippen LogP contribution in [0.1, 0.15) is 57.7 Å². The lowest BCUT2D eigenvalue weighted by Crippen LogP contribution is -2.34. The van der Waals surface area contributed by atoms with Crippen LogP contribution in [-0.2, 0) is 6.42 Å². The lowest BCUT2D eigenvalue weighted by Gasteiger charge is -2.26. The smallest absolute Gasteiger partial charge is 0.0292 e. The van der Waals surface area contributed by atoms with E-state index in [1.807, 2.05) is 0 Å². The van der Waals surface area contributed by atoms with Crippen LogP contribution in [0, 0.1) is 5.92 Å². The fraction of sp³-hybridized carbons (Fsp3) is 0.667. The summed E-state index contributed by atoms with van der Waals surface area (Å²) in [6.45, 7) is 10.3. The van der Waals surface area contributed by atoms with Crippen LogP contribution < -0.4 is 5.32 Å². The summed E-state index contributed by atoms with van der Waals surface area (Å²) in [5.74, 6) is 2.06. The molecule has 1 aromatic carbocycles. The minimum Gasteiger partial charge on any atom is -0.309 e. The molecule has 1 aliphatic rings. The van der Waals surface area contributed by atoms with E-state index in [9.17, 15) is 0 Å². The molecular weight excluding hydrogens is 262 g/mol. The van der Waals surface area contributed by atoms with Crippen LogP contribution in [0.25, 0.3) is 0 Å². The number of nitrogens with one attached hydrogen (secondary N) is 1. The molecule has 2 heteroatoms. The van der Waals surface area contributed by atoms with E-state index >= 15 is 0 Å². The van der Waals surface area contributed by atoms with Crippen molar-refractivity contribution >= 4 is 11.8 Å². The highest BCUT2D eigenvalue weighted by Gasteiger charge is 2.29. The van der Waals surface area contributed by atoms with Gasteiger partial charge in [-0.3, -0.25) is 0 Å². The second-order valence-electron chi connectivity index (χ2n) is 6.84. The normalized spacial score (nSPS) is 24.2. The first-order chi connectivity index (χ1) is 9.48. The third kappa shape index (κ3) is 4.53. The maximum atomic E-state index is 3.72. The quantitative estimate of drug-likeness (QED) is 0.806. The molecular formula is C18H29NS. The number of thioether (sulfide) groups is 1. The summed E-state index contributed by atoms with van der Waals surface area (Å²) in [6.07, 6.45) is 3.91. The molecule has 112 valence electrons. The van der Waals surface area contributed by atoms with E-state index < -0.39 is 0 Å². The van der Waals surface area contributed by atoms with Gasteiger partial charge in [0.15, 0.2) is 0 Å².